The SMILES string of the molecule is CCOC(=O)C[C@H](N)c1cccc(C)c1C. The van der Waals surface area contributed by atoms with Crippen molar-refractivity contribution in [2.24, 2.45) is 5.73 Å². The van der Waals surface area contributed by atoms with E-state index in [1.165, 1.54) is 5.56 Å². The summed E-state index contributed by atoms with van der Waals surface area (Å²) in [7, 11) is 0. The van der Waals surface area contributed by atoms with Gasteiger partial charge < -0.3 is 10.5 Å². The number of benzene rings is 1. The van der Waals surface area contributed by atoms with E-state index in [2.05, 4.69) is 0 Å². The molecule has 0 saturated carbocycles. The summed E-state index contributed by atoms with van der Waals surface area (Å²) < 4.78 is 4.89. The Bertz CT molecular complexity index is 374. The Kier molecular flexibility index (Phi) is 4.50. The van der Waals surface area contributed by atoms with Crippen LogP contribution in [0.25, 0.3) is 0 Å². The number of esters is 1. The molecule has 0 aliphatic rings. The number of nitrogens with two attached hydrogens (primary N) is 1. The molecule has 0 aliphatic heterocycles. The van der Waals surface area contributed by atoms with Crippen LogP contribution < -0.4 is 5.73 Å². The van der Waals surface area contributed by atoms with Crippen LogP contribution in [-0.4, -0.2) is 12.6 Å². The van der Waals surface area contributed by atoms with Crippen molar-refractivity contribution < 1.29 is 9.53 Å². The average Bonchev–Trinajstić information content (AvgIpc) is 2.22. The summed E-state index contributed by atoms with van der Waals surface area (Å²) >= 11 is 0. The van der Waals surface area contributed by atoms with E-state index in [1.54, 1.807) is 6.92 Å². The van der Waals surface area contributed by atoms with E-state index < -0.39 is 0 Å². The molecule has 3 heteroatoms. The van der Waals surface area contributed by atoms with Crippen LogP contribution in [0.5, 0.6) is 0 Å². The van der Waals surface area contributed by atoms with Crippen molar-refractivity contribution >= 4 is 5.97 Å². The quantitative estimate of drug-likeness (QED) is 0.793. The Morgan fingerprint density at radius 1 is 1.44 bits per heavy atom. The van der Waals surface area contributed by atoms with Crippen molar-refractivity contribution in [1.82, 2.24) is 0 Å². The van der Waals surface area contributed by atoms with Crippen LogP contribution in [0.3, 0.4) is 0 Å². The molecule has 0 spiro atoms. The van der Waals surface area contributed by atoms with E-state index in [0.717, 1.165) is 11.1 Å². The Labute approximate surface area is 96.6 Å². The molecule has 1 aromatic carbocycles. The molecular weight excluding hydrogens is 202 g/mol. The van der Waals surface area contributed by atoms with Gasteiger partial charge in [0.1, 0.15) is 0 Å². The Balaban J connectivity index is 2.76. The topological polar surface area (TPSA) is 52.3 Å². The minimum Gasteiger partial charge on any atom is -0.466 e. The summed E-state index contributed by atoms with van der Waals surface area (Å²) in [6.45, 7) is 6.26. The normalized spacial score (nSPS) is 12.2. The van der Waals surface area contributed by atoms with Gasteiger partial charge in [-0.1, -0.05) is 18.2 Å². The molecule has 3 nitrogen and oxygen atoms in total. The first-order valence-electron chi connectivity index (χ1n) is 5.53. The lowest BCUT2D eigenvalue weighted by atomic mass is 9.96. The molecule has 0 radical (unpaired) electrons. The van der Waals surface area contributed by atoms with Gasteiger partial charge in [0.15, 0.2) is 0 Å². The van der Waals surface area contributed by atoms with Gasteiger partial charge in [-0.25, -0.2) is 0 Å². The number of hydrogen-bond donors (Lipinski definition) is 1. The maximum Gasteiger partial charge on any atom is 0.307 e. The summed E-state index contributed by atoms with van der Waals surface area (Å²) in [4.78, 5) is 11.3. The number of rotatable bonds is 4. The first kappa shape index (κ1) is 12.7. The van der Waals surface area contributed by atoms with Crippen LogP contribution >= 0.6 is 0 Å². The lowest BCUT2D eigenvalue weighted by Crippen LogP contribution is -2.18. The highest BCUT2D eigenvalue weighted by Gasteiger charge is 2.14. The standard InChI is InChI=1S/C13H19NO2/c1-4-16-13(15)8-12(14)11-7-5-6-9(2)10(11)3/h5-7,12H,4,8,14H2,1-3H3/t12-/m0/s1. The predicted molar refractivity (Wildman–Crippen MR) is 64.1 cm³/mol. The molecule has 16 heavy (non-hydrogen) atoms. The molecular formula is C13H19NO2. The van der Waals surface area contributed by atoms with Gasteiger partial charge in [-0.2, -0.15) is 0 Å². The monoisotopic (exact) mass is 221 g/mol. The molecule has 1 atom stereocenters. The van der Waals surface area contributed by atoms with Crippen LogP contribution in [0, 0.1) is 13.8 Å². The molecule has 0 amide bonds. The summed E-state index contributed by atoms with van der Waals surface area (Å²) in [5, 5.41) is 0. The van der Waals surface area contributed by atoms with E-state index >= 15 is 0 Å². The number of carbonyl (C=O) groups excluding carboxylic acids is 1. The van der Waals surface area contributed by atoms with Crippen LogP contribution in [0.15, 0.2) is 18.2 Å². The molecule has 0 bridgehead atoms. The molecule has 88 valence electrons. The fourth-order valence-corrected chi connectivity index (χ4v) is 1.68. The van der Waals surface area contributed by atoms with Gasteiger partial charge in [0.05, 0.1) is 13.0 Å². The highest BCUT2D eigenvalue weighted by Crippen LogP contribution is 2.21. The van der Waals surface area contributed by atoms with E-state index in [0.29, 0.717) is 6.61 Å². The van der Waals surface area contributed by atoms with E-state index in [4.69, 9.17) is 10.5 Å². The van der Waals surface area contributed by atoms with E-state index in [1.807, 2.05) is 32.0 Å². The Hall–Kier alpha value is -1.35. The van der Waals surface area contributed by atoms with Gasteiger partial charge in [0.2, 0.25) is 0 Å². The lowest BCUT2D eigenvalue weighted by molar-refractivity contribution is -0.143. The molecule has 0 heterocycles. The molecule has 1 aromatic rings. The van der Waals surface area contributed by atoms with Gasteiger partial charge >= 0.3 is 5.97 Å². The maximum absolute atomic E-state index is 11.3. The highest BCUT2D eigenvalue weighted by molar-refractivity contribution is 5.70. The van der Waals surface area contributed by atoms with Gasteiger partial charge in [-0.05, 0) is 37.5 Å². The van der Waals surface area contributed by atoms with Gasteiger partial charge in [0, 0.05) is 6.04 Å². The Morgan fingerprint density at radius 3 is 2.75 bits per heavy atom. The van der Waals surface area contributed by atoms with Gasteiger partial charge in [0.25, 0.3) is 0 Å². The third-order valence-corrected chi connectivity index (χ3v) is 2.74. The number of hydrogen-bond acceptors (Lipinski definition) is 3. The van der Waals surface area contributed by atoms with Gasteiger partial charge in [-0.3, -0.25) is 4.79 Å². The third-order valence-electron chi connectivity index (χ3n) is 2.74. The second-order valence-corrected chi connectivity index (χ2v) is 3.90. The number of aryl methyl sites for hydroxylation is 1. The molecule has 0 aromatic heterocycles. The summed E-state index contributed by atoms with van der Waals surface area (Å²) in [6, 6.07) is 5.68. The van der Waals surface area contributed by atoms with Crippen molar-refractivity contribution in [2.75, 3.05) is 6.61 Å². The zero-order valence-electron chi connectivity index (χ0n) is 10.1. The molecule has 1 rings (SSSR count). The summed E-state index contributed by atoms with van der Waals surface area (Å²) in [5.41, 5.74) is 9.36. The molecule has 0 unspecified atom stereocenters. The maximum atomic E-state index is 11.3. The Morgan fingerprint density at radius 2 is 2.12 bits per heavy atom. The second kappa shape index (κ2) is 5.66. The summed E-state index contributed by atoms with van der Waals surface area (Å²) in [5.74, 6) is -0.240. The molecule has 0 aliphatic carbocycles. The van der Waals surface area contributed by atoms with E-state index in [-0.39, 0.29) is 18.4 Å². The minimum atomic E-state index is -0.279. The fourth-order valence-electron chi connectivity index (χ4n) is 1.68. The lowest BCUT2D eigenvalue weighted by Gasteiger charge is -2.15. The van der Waals surface area contributed by atoms with Crippen LogP contribution in [0.2, 0.25) is 0 Å². The third kappa shape index (κ3) is 3.07. The molecule has 0 saturated heterocycles. The zero-order valence-corrected chi connectivity index (χ0v) is 10.1. The molecule has 0 fully saturated rings. The van der Waals surface area contributed by atoms with Crippen molar-refractivity contribution in [3.63, 3.8) is 0 Å². The van der Waals surface area contributed by atoms with E-state index in [9.17, 15) is 4.79 Å². The van der Waals surface area contributed by atoms with Crippen molar-refractivity contribution in [1.29, 1.82) is 0 Å². The first-order chi connectivity index (χ1) is 7.56. The van der Waals surface area contributed by atoms with Gasteiger partial charge in [-0.15, -0.1) is 0 Å². The number of ether oxygens (including phenoxy) is 1. The van der Waals surface area contributed by atoms with Crippen molar-refractivity contribution in [3.8, 4) is 0 Å². The predicted octanol–water partition coefficient (Wildman–Crippen LogP) is 2.26. The average molecular weight is 221 g/mol. The highest BCUT2D eigenvalue weighted by atomic mass is 16.5. The van der Waals surface area contributed by atoms with Crippen LogP contribution in [0.4, 0.5) is 0 Å². The number of carbonyl (C=O) groups is 1. The van der Waals surface area contributed by atoms with Crippen LogP contribution in [0.1, 0.15) is 36.1 Å². The van der Waals surface area contributed by atoms with Crippen molar-refractivity contribution in [3.05, 3.63) is 34.9 Å². The van der Waals surface area contributed by atoms with Crippen LogP contribution in [-0.2, 0) is 9.53 Å². The smallest absolute Gasteiger partial charge is 0.307 e. The van der Waals surface area contributed by atoms with Crippen molar-refractivity contribution in [2.45, 2.75) is 33.2 Å². The summed E-state index contributed by atoms with van der Waals surface area (Å²) in [6.07, 6.45) is 0.234. The molecule has 2 N–H and O–H groups in total. The fraction of sp³-hybridized carbons (Fsp3) is 0.462. The zero-order chi connectivity index (χ0) is 12.1. The first-order valence-corrected chi connectivity index (χ1v) is 5.53. The largest absolute Gasteiger partial charge is 0.466 e. The second-order valence-electron chi connectivity index (χ2n) is 3.90. The minimum absolute atomic E-state index is 0.234.